The van der Waals surface area contributed by atoms with Crippen LogP contribution in [0, 0.1) is 0 Å². The highest BCUT2D eigenvalue weighted by atomic mass is 35.5. The summed E-state index contributed by atoms with van der Waals surface area (Å²) in [6, 6.07) is 7.69. The molecule has 3 rings (SSSR count). The minimum atomic E-state index is -0.422. The molecule has 24 heavy (non-hydrogen) atoms. The molecule has 0 unspecified atom stereocenters. The molecule has 1 aliphatic heterocycles. The first-order valence-electron chi connectivity index (χ1n) is 7.58. The van der Waals surface area contributed by atoms with Gasteiger partial charge in [-0.05, 0) is 36.7 Å². The molecule has 0 spiro atoms. The first-order chi connectivity index (χ1) is 11.2. The van der Waals surface area contributed by atoms with Crippen LogP contribution >= 0.6 is 24.2 Å². The van der Waals surface area contributed by atoms with Gasteiger partial charge >= 0.3 is 0 Å². The number of benzene rings is 1. The molecule has 2 atom stereocenters. The lowest BCUT2D eigenvalue weighted by Crippen LogP contribution is -2.29. The lowest BCUT2D eigenvalue weighted by Gasteiger charge is -2.14. The SMILES string of the molecule is Cl.Cn1ccnc1Sc1ccccc1NC(=O)[C@@H]1CC[C@H](CN)O1. The molecule has 1 amide bonds. The first kappa shape index (κ1) is 18.8. The van der Waals surface area contributed by atoms with Crippen LogP contribution < -0.4 is 11.1 Å². The van der Waals surface area contributed by atoms with E-state index in [1.807, 2.05) is 42.1 Å². The van der Waals surface area contributed by atoms with Crippen molar-refractivity contribution in [2.45, 2.75) is 35.1 Å². The number of hydrogen-bond acceptors (Lipinski definition) is 5. The molecule has 1 aromatic carbocycles. The number of amides is 1. The molecule has 1 aromatic heterocycles. The predicted molar refractivity (Wildman–Crippen MR) is 96.6 cm³/mol. The van der Waals surface area contributed by atoms with Crippen LogP contribution in [-0.2, 0) is 16.6 Å². The Bertz CT molecular complexity index is 694. The van der Waals surface area contributed by atoms with Gasteiger partial charge < -0.3 is 20.4 Å². The summed E-state index contributed by atoms with van der Waals surface area (Å²) in [6.45, 7) is 0.454. The summed E-state index contributed by atoms with van der Waals surface area (Å²) in [4.78, 5) is 17.6. The quantitative estimate of drug-likeness (QED) is 0.847. The van der Waals surface area contributed by atoms with E-state index in [0.717, 1.165) is 22.2 Å². The van der Waals surface area contributed by atoms with Gasteiger partial charge in [-0.1, -0.05) is 12.1 Å². The standard InChI is InChI=1S/C16H20N4O2S.ClH/c1-20-9-8-18-16(20)23-14-5-3-2-4-12(14)19-15(21)13-7-6-11(10-17)22-13;/h2-5,8-9,11,13H,6-7,10,17H2,1H3,(H,19,21);1H/t11-,13+;/m1./s1. The number of carbonyl (C=O) groups is 1. The number of rotatable bonds is 5. The summed E-state index contributed by atoms with van der Waals surface area (Å²) < 4.78 is 7.59. The van der Waals surface area contributed by atoms with Crippen LogP contribution in [0.1, 0.15) is 12.8 Å². The van der Waals surface area contributed by atoms with Crippen molar-refractivity contribution >= 4 is 35.8 Å². The van der Waals surface area contributed by atoms with E-state index in [9.17, 15) is 4.79 Å². The number of imidazole rings is 1. The summed E-state index contributed by atoms with van der Waals surface area (Å²) >= 11 is 1.51. The average molecular weight is 369 g/mol. The number of ether oxygens (including phenoxy) is 1. The maximum Gasteiger partial charge on any atom is 0.253 e. The van der Waals surface area contributed by atoms with Gasteiger partial charge in [0.2, 0.25) is 0 Å². The van der Waals surface area contributed by atoms with Crippen molar-refractivity contribution in [3.05, 3.63) is 36.7 Å². The van der Waals surface area contributed by atoms with Gasteiger partial charge in [-0.2, -0.15) is 0 Å². The third-order valence-corrected chi connectivity index (χ3v) is 4.94. The smallest absolute Gasteiger partial charge is 0.253 e. The third-order valence-electron chi connectivity index (χ3n) is 3.79. The van der Waals surface area contributed by atoms with E-state index in [1.54, 1.807) is 6.20 Å². The van der Waals surface area contributed by atoms with Crippen molar-refractivity contribution in [3.63, 3.8) is 0 Å². The maximum atomic E-state index is 12.4. The molecule has 1 fully saturated rings. The summed E-state index contributed by atoms with van der Waals surface area (Å²) in [5, 5.41) is 3.83. The molecule has 0 aliphatic carbocycles. The number of aryl methyl sites for hydroxylation is 1. The van der Waals surface area contributed by atoms with E-state index in [0.29, 0.717) is 13.0 Å². The molecular weight excluding hydrogens is 348 g/mol. The normalized spacial score (nSPS) is 19.8. The van der Waals surface area contributed by atoms with Crippen LogP contribution in [0.5, 0.6) is 0 Å². The Morgan fingerprint density at radius 1 is 1.46 bits per heavy atom. The topological polar surface area (TPSA) is 82.2 Å². The highest BCUT2D eigenvalue weighted by Crippen LogP contribution is 2.32. The number of carbonyl (C=O) groups excluding carboxylic acids is 1. The number of nitrogens with one attached hydrogen (secondary N) is 1. The zero-order valence-electron chi connectivity index (χ0n) is 13.3. The molecule has 3 N–H and O–H groups in total. The van der Waals surface area contributed by atoms with Gasteiger partial charge in [0, 0.05) is 30.9 Å². The number of anilines is 1. The van der Waals surface area contributed by atoms with Gasteiger partial charge in [0.05, 0.1) is 11.8 Å². The number of nitrogens with two attached hydrogens (primary N) is 1. The van der Waals surface area contributed by atoms with Crippen molar-refractivity contribution < 1.29 is 9.53 Å². The molecule has 130 valence electrons. The molecule has 8 heteroatoms. The zero-order chi connectivity index (χ0) is 16.2. The predicted octanol–water partition coefficient (Wildman–Crippen LogP) is 2.44. The Labute approximate surface area is 151 Å². The maximum absolute atomic E-state index is 12.4. The summed E-state index contributed by atoms with van der Waals surface area (Å²) in [7, 11) is 1.94. The Morgan fingerprint density at radius 3 is 2.92 bits per heavy atom. The number of halogens is 1. The van der Waals surface area contributed by atoms with Crippen molar-refractivity contribution in [2.75, 3.05) is 11.9 Å². The van der Waals surface area contributed by atoms with Crippen molar-refractivity contribution in [1.29, 1.82) is 0 Å². The second kappa shape index (κ2) is 8.53. The largest absolute Gasteiger partial charge is 0.364 e. The van der Waals surface area contributed by atoms with Crippen LogP contribution in [0.25, 0.3) is 0 Å². The number of aromatic nitrogens is 2. The van der Waals surface area contributed by atoms with E-state index in [1.165, 1.54) is 11.8 Å². The van der Waals surface area contributed by atoms with Crippen LogP contribution in [-0.4, -0.2) is 34.2 Å². The lowest BCUT2D eigenvalue weighted by atomic mass is 10.2. The Kier molecular flexibility index (Phi) is 6.68. The van der Waals surface area contributed by atoms with Gasteiger partial charge in [-0.3, -0.25) is 4.79 Å². The summed E-state index contributed by atoms with van der Waals surface area (Å²) in [5.74, 6) is -0.117. The molecule has 2 heterocycles. The molecule has 6 nitrogen and oxygen atoms in total. The average Bonchev–Trinajstić information content (AvgIpc) is 3.19. The lowest BCUT2D eigenvalue weighted by molar-refractivity contribution is -0.126. The molecule has 2 aromatic rings. The van der Waals surface area contributed by atoms with Gasteiger partial charge in [-0.25, -0.2) is 4.98 Å². The monoisotopic (exact) mass is 368 g/mol. The van der Waals surface area contributed by atoms with Crippen molar-refractivity contribution in [1.82, 2.24) is 9.55 Å². The van der Waals surface area contributed by atoms with Crippen LogP contribution in [0.2, 0.25) is 0 Å². The minimum Gasteiger partial charge on any atom is -0.364 e. The van der Waals surface area contributed by atoms with Gasteiger partial charge in [-0.15, -0.1) is 12.4 Å². The fourth-order valence-corrected chi connectivity index (χ4v) is 3.38. The second-order valence-electron chi connectivity index (χ2n) is 5.47. The number of nitrogens with zero attached hydrogens (tertiary/aromatic N) is 2. The number of para-hydroxylation sites is 1. The van der Waals surface area contributed by atoms with Gasteiger partial charge in [0.1, 0.15) is 6.10 Å². The molecule has 0 radical (unpaired) electrons. The summed E-state index contributed by atoms with van der Waals surface area (Å²) in [5.41, 5.74) is 6.36. The van der Waals surface area contributed by atoms with E-state index in [4.69, 9.17) is 10.5 Å². The second-order valence-corrected chi connectivity index (χ2v) is 6.48. The Morgan fingerprint density at radius 2 is 2.25 bits per heavy atom. The van der Waals surface area contributed by atoms with Crippen LogP contribution in [0.15, 0.2) is 46.7 Å². The Hall–Kier alpha value is -1.54. The fraction of sp³-hybridized carbons (Fsp3) is 0.375. The zero-order valence-corrected chi connectivity index (χ0v) is 15.0. The Balaban J connectivity index is 0.00000208. The van der Waals surface area contributed by atoms with Crippen molar-refractivity contribution in [2.24, 2.45) is 12.8 Å². The number of hydrogen-bond donors (Lipinski definition) is 2. The molecule has 0 saturated carbocycles. The molecular formula is C16H21ClN4O2S. The van der Waals surface area contributed by atoms with Gasteiger partial charge in [0.25, 0.3) is 5.91 Å². The fourth-order valence-electron chi connectivity index (χ4n) is 2.49. The van der Waals surface area contributed by atoms with Crippen LogP contribution in [0.3, 0.4) is 0 Å². The van der Waals surface area contributed by atoms with E-state index >= 15 is 0 Å². The molecule has 1 saturated heterocycles. The highest BCUT2D eigenvalue weighted by molar-refractivity contribution is 7.99. The van der Waals surface area contributed by atoms with E-state index < -0.39 is 6.10 Å². The third kappa shape index (κ3) is 4.30. The molecule has 1 aliphatic rings. The first-order valence-corrected chi connectivity index (χ1v) is 8.39. The van der Waals surface area contributed by atoms with Crippen molar-refractivity contribution in [3.8, 4) is 0 Å². The highest BCUT2D eigenvalue weighted by Gasteiger charge is 2.30. The van der Waals surface area contributed by atoms with Gasteiger partial charge in [0.15, 0.2) is 5.16 Å². The van der Waals surface area contributed by atoms with Crippen LogP contribution in [0.4, 0.5) is 5.69 Å². The minimum absolute atomic E-state index is 0. The van der Waals surface area contributed by atoms with E-state index in [2.05, 4.69) is 10.3 Å². The molecule has 0 bridgehead atoms. The summed E-state index contributed by atoms with van der Waals surface area (Å²) in [6.07, 6.45) is 4.75. The van der Waals surface area contributed by atoms with E-state index in [-0.39, 0.29) is 24.4 Å².